The largest absolute Gasteiger partial charge is 0.433 e. The molecule has 0 bridgehead atoms. The van der Waals surface area contributed by atoms with Crippen LogP contribution in [0, 0.1) is 20.8 Å². The molecule has 0 radical (unpaired) electrons. The van der Waals surface area contributed by atoms with Crippen LogP contribution in [-0.4, -0.2) is 9.97 Å². The van der Waals surface area contributed by atoms with E-state index >= 15 is 0 Å². The van der Waals surface area contributed by atoms with Crippen LogP contribution in [0.1, 0.15) is 33.9 Å². The van der Waals surface area contributed by atoms with Gasteiger partial charge in [0.25, 0.3) is 0 Å². The number of aryl methyl sites for hydroxylation is 5. The summed E-state index contributed by atoms with van der Waals surface area (Å²) in [7, 11) is 0. The molecule has 0 saturated heterocycles. The predicted octanol–water partition coefficient (Wildman–Crippen LogP) is 4.21. The number of aromatic nitrogens is 2. The third kappa shape index (κ3) is 4.28. The zero-order chi connectivity index (χ0) is 15.6. The third-order valence-electron chi connectivity index (χ3n) is 3.10. The van der Waals surface area contributed by atoms with Crippen LogP contribution in [0.25, 0.3) is 0 Å². The average Bonchev–Trinajstić information content (AvgIpc) is 2.33. The van der Waals surface area contributed by atoms with Crippen LogP contribution < -0.4 is 0 Å². The molecule has 0 aliphatic heterocycles. The van der Waals surface area contributed by atoms with E-state index in [4.69, 9.17) is 0 Å². The van der Waals surface area contributed by atoms with Gasteiger partial charge in [0.15, 0.2) is 0 Å². The second-order valence-corrected chi connectivity index (χ2v) is 5.30. The molecule has 0 spiro atoms. The van der Waals surface area contributed by atoms with Gasteiger partial charge in [-0.25, -0.2) is 4.98 Å². The number of rotatable bonds is 3. The van der Waals surface area contributed by atoms with E-state index < -0.39 is 11.9 Å². The molecular weight excluding hydrogens is 277 g/mol. The molecule has 0 aromatic carbocycles. The van der Waals surface area contributed by atoms with Gasteiger partial charge in [0.2, 0.25) is 0 Å². The highest BCUT2D eigenvalue weighted by molar-refractivity contribution is 5.24. The lowest BCUT2D eigenvalue weighted by Gasteiger charge is -2.10. The average molecular weight is 294 g/mol. The van der Waals surface area contributed by atoms with E-state index in [-0.39, 0.29) is 0 Å². The highest BCUT2D eigenvalue weighted by Gasteiger charge is 2.32. The fourth-order valence-corrected chi connectivity index (χ4v) is 2.32. The van der Waals surface area contributed by atoms with Crippen molar-refractivity contribution in [2.24, 2.45) is 0 Å². The van der Waals surface area contributed by atoms with Gasteiger partial charge in [-0.05, 0) is 69.0 Å². The maximum atomic E-state index is 12.7. The van der Waals surface area contributed by atoms with E-state index in [1.54, 1.807) is 13.0 Å². The molecule has 2 aromatic heterocycles. The van der Waals surface area contributed by atoms with Gasteiger partial charge < -0.3 is 0 Å². The molecule has 2 aromatic rings. The Bertz CT molecular complexity index is 628. The Morgan fingerprint density at radius 3 is 1.86 bits per heavy atom. The number of hydrogen-bond donors (Lipinski definition) is 0. The van der Waals surface area contributed by atoms with Crippen LogP contribution in [0.3, 0.4) is 0 Å². The predicted molar refractivity (Wildman–Crippen MR) is 75.1 cm³/mol. The second kappa shape index (κ2) is 5.84. The Balaban J connectivity index is 2.18. The van der Waals surface area contributed by atoms with Gasteiger partial charge in [-0.15, -0.1) is 0 Å². The third-order valence-corrected chi connectivity index (χ3v) is 3.10. The van der Waals surface area contributed by atoms with Gasteiger partial charge in [0, 0.05) is 17.1 Å². The smallest absolute Gasteiger partial charge is 0.258 e. The minimum absolute atomic E-state index is 0.445. The van der Waals surface area contributed by atoms with Crippen molar-refractivity contribution in [3.63, 3.8) is 0 Å². The molecule has 0 unspecified atom stereocenters. The summed E-state index contributed by atoms with van der Waals surface area (Å²) in [6.45, 7) is 5.53. The van der Waals surface area contributed by atoms with Crippen LogP contribution in [-0.2, 0) is 19.0 Å². The molecular formula is C16H17F3N2. The van der Waals surface area contributed by atoms with E-state index in [0.717, 1.165) is 23.0 Å². The molecule has 0 aliphatic carbocycles. The van der Waals surface area contributed by atoms with E-state index in [0.29, 0.717) is 24.1 Å². The summed E-state index contributed by atoms with van der Waals surface area (Å²) in [5.41, 5.74) is 3.09. The molecule has 21 heavy (non-hydrogen) atoms. The summed E-state index contributed by atoms with van der Waals surface area (Å²) < 4.78 is 38.2. The molecule has 2 heterocycles. The minimum atomic E-state index is -4.40. The molecule has 5 heteroatoms. The van der Waals surface area contributed by atoms with Crippen molar-refractivity contribution in [3.05, 3.63) is 58.2 Å². The maximum absolute atomic E-state index is 12.7. The second-order valence-electron chi connectivity index (χ2n) is 5.30. The first-order chi connectivity index (χ1) is 9.74. The summed E-state index contributed by atoms with van der Waals surface area (Å²) >= 11 is 0. The SMILES string of the molecule is Cc1cc(C)nc(CCc2cc(C)cc(C(F)(F)F)n2)c1. The summed E-state index contributed by atoms with van der Waals surface area (Å²) in [5, 5.41) is 0. The van der Waals surface area contributed by atoms with Crippen molar-refractivity contribution in [2.75, 3.05) is 0 Å². The van der Waals surface area contributed by atoms with Crippen molar-refractivity contribution in [3.8, 4) is 0 Å². The van der Waals surface area contributed by atoms with E-state index in [1.165, 1.54) is 0 Å². The normalized spacial score (nSPS) is 11.7. The first-order valence-electron chi connectivity index (χ1n) is 6.73. The fourth-order valence-electron chi connectivity index (χ4n) is 2.32. The zero-order valence-electron chi connectivity index (χ0n) is 12.3. The number of nitrogens with zero attached hydrogens (tertiary/aromatic N) is 2. The molecule has 0 N–H and O–H groups in total. The molecule has 0 atom stereocenters. The molecule has 0 amide bonds. The Kier molecular flexibility index (Phi) is 4.30. The summed E-state index contributed by atoms with van der Waals surface area (Å²) in [6.07, 6.45) is -3.38. The van der Waals surface area contributed by atoms with Crippen LogP contribution in [0.4, 0.5) is 13.2 Å². The van der Waals surface area contributed by atoms with Gasteiger partial charge in [-0.1, -0.05) is 0 Å². The summed E-state index contributed by atoms with van der Waals surface area (Å²) in [6, 6.07) is 6.68. The van der Waals surface area contributed by atoms with Gasteiger partial charge >= 0.3 is 6.18 Å². The van der Waals surface area contributed by atoms with Crippen molar-refractivity contribution in [2.45, 2.75) is 39.8 Å². The zero-order valence-corrected chi connectivity index (χ0v) is 12.3. The number of halogens is 3. The topological polar surface area (TPSA) is 25.8 Å². The first kappa shape index (κ1) is 15.5. The van der Waals surface area contributed by atoms with Gasteiger partial charge in [0.05, 0.1) is 0 Å². The molecule has 0 aliphatic rings. The first-order valence-corrected chi connectivity index (χ1v) is 6.73. The molecule has 0 saturated carbocycles. The van der Waals surface area contributed by atoms with Gasteiger partial charge in [-0.3, -0.25) is 4.98 Å². The number of pyridine rings is 2. The molecule has 0 fully saturated rings. The highest BCUT2D eigenvalue weighted by atomic mass is 19.4. The Morgan fingerprint density at radius 1 is 0.810 bits per heavy atom. The Morgan fingerprint density at radius 2 is 1.33 bits per heavy atom. The number of alkyl halides is 3. The van der Waals surface area contributed by atoms with Crippen LogP contribution in [0.15, 0.2) is 24.3 Å². The lowest BCUT2D eigenvalue weighted by atomic mass is 10.1. The Hall–Kier alpha value is -1.91. The van der Waals surface area contributed by atoms with Gasteiger partial charge in [-0.2, -0.15) is 13.2 Å². The quantitative estimate of drug-likeness (QED) is 0.847. The molecule has 112 valence electrons. The van der Waals surface area contributed by atoms with Gasteiger partial charge in [0.1, 0.15) is 5.69 Å². The molecule has 2 rings (SSSR count). The summed E-state index contributed by atoms with van der Waals surface area (Å²) in [4.78, 5) is 8.10. The van der Waals surface area contributed by atoms with E-state index in [2.05, 4.69) is 9.97 Å². The van der Waals surface area contributed by atoms with Crippen LogP contribution >= 0.6 is 0 Å². The van der Waals surface area contributed by atoms with Crippen molar-refractivity contribution < 1.29 is 13.2 Å². The highest BCUT2D eigenvalue weighted by Crippen LogP contribution is 2.28. The van der Waals surface area contributed by atoms with Crippen molar-refractivity contribution >= 4 is 0 Å². The molecule has 2 nitrogen and oxygen atoms in total. The van der Waals surface area contributed by atoms with Crippen LogP contribution in [0.5, 0.6) is 0 Å². The van der Waals surface area contributed by atoms with Crippen LogP contribution in [0.2, 0.25) is 0 Å². The standard InChI is InChI=1S/C16H17F3N2/c1-10-6-12(3)20-13(7-10)4-5-14-8-11(2)9-15(21-14)16(17,18)19/h6-9H,4-5H2,1-3H3. The fraction of sp³-hybridized carbons (Fsp3) is 0.375. The Labute approximate surface area is 122 Å². The lowest BCUT2D eigenvalue weighted by Crippen LogP contribution is -2.10. The minimum Gasteiger partial charge on any atom is -0.258 e. The van der Waals surface area contributed by atoms with Crippen molar-refractivity contribution in [1.29, 1.82) is 0 Å². The van der Waals surface area contributed by atoms with E-state index in [1.807, 2.05) is 26.0 Å². The number of hydrogen-bond acceptors (Lipinski definition) is 2. The monoisotopic (exact) mass is 294 g/mol. The van der Waals surface area contributed by atoms with Crippen molar-refractivity contribution in [1.82, 2.24) is 9.97 Å². The summed E-state index contributed by atoms with van der Waals surface area (Å²) in [5.74, 6) is 0. The maximum Gasteiger partial charge on any atom is 0.433 e. The lowest BCUT2D eigenvalue weighted by molar-refractivity contribution is -0.141. The van der Waals surface area contributed by atoms with E-state index in [9.17, 15) is 13.2 Å².